The predicted octanol–water partition coefficient (Wildman–Crippen LogP) is 3.49. The van der Waals surface area contributed by atoms with E-state index in [4.69, 9.17) is 5.11 Å². The lowest BCUT2D eigenvalue weighted by atomic mass is 9.86. The summed E-state index contributed by atoms with van der Waals surface area (Å²) >= 11 is 5.41. The van der Waals surface area contributed by atoms with Crippen molar-refractivity contribution >= 4 is 27.3 Å². The minimum absolute atomic E-state index is 0.368. The monoisotopic (exact) mass is 317 g/mol. The Hall–Kier alpha value is 0.1000. The molecule has 4 heteroatoms. The second-order valence-electron chi connectivity index (χ2n) is 4.96. The molecule has 1 aliphatic carbocycles. The molecular formula is C13H20BrNOS. The molecule has 0 unspecified atom stereocenters. The molecule has 1 aromatic rings. The lowest BCUT2D eigenvalue weighted by Gasteiger charge is -2.34. The van der Waals surface area contributed by atoms with Crippen LogP contribution in [0, 0.1) is 5.92 Å². The lowest BCUT2D eigenvalue weighted by molar-refractivity contribution is 0.124. The zero-order chi connectivity index (χ0) is 12.3. The third kappa shape index (κ3) is 3.53. The van der Waals surface area contributed by atoms with Gasteiger partial charge in [0.2, 0.25) is 0 Å². The van der Waals surface area contributed by atoms with Gasteiger partial charge in [-0.2, -0.15) is 0 Å². The lowest BCUT2D eigenvalue weighted by Crippen LogP contribution is -2.35. The highest BCUT2D eigenvalue weighted by molar-refractivity contribution is 9.10. The maximum atomic E-state index is 9.14. The molecule has 0 saturated heterocycles. The molecule has 1 N–H and O–H groups in total. The molecule has 0 spiro atoms. The van der Waals surface area contributed by atoms with Gasteiger partial charge in [-0.05, 0) is 66.0 Å². The maximum Gasteiger partial charge on any atom is 0.0459 e. The van der Waals surface area contributed by atoms with Crippen molar-refractivity contribution in [3.05, 3.63) is 20.8 Å². The largest absolute Gasteiger partial charge is 0.396 e. The van der Waals surface area contributed by atoms with E-state index >= 15 is 0 Å². The second-order valence-corrected chi connectivity index (χ2v) is 6.82. The summed E-state index contributed by atoms with van der Waals surface area (Å²) in [6.45, 7) is 1.40. The molecule has 1 saturated carbocycles. The van der Waals surface area contributed by atoms with Gasteiger partial charge in [-0.3, -0.25) is 4.90 Å². The van der Waals surface area contributed by atoms with Gasteiger partial charge in [0, 0.05) is 28.5 Å². The Bertz CT molecular complexity index is 347. The molecule has 1 aromatic heterocycles. The number of aliphatic hydroxyl groups is 1. The van der Waals surface area contributed by atoms with Crippen LogP contribution in [0.25, 0.3) is 0 Å². The summed E-state index contributed by atoms with van der Waals surface area (Å²) in [5, 5.41) is 11.3. The number of aliphatic hydroxyl groups excluding tert-OH is 1. The van der Waals surface area contributed by atoms with E-state index in [9.17, 15) is 0 Å². The Kier molecular flexibility index (Phi) is 5.03. The topological polar surface area (TPSA) is 23.5 Å². The molecule has 0 aliphatic heterocycles. The van der Waals surface area contributed by atoms with Crippen molar-refractivity contribution in [2.75, 3.05) is 13.7 Å². The van der Waals surface area contributed by atoms with Crippen LogP contribution in [0.1, 0.15) is 30.6 Å². The Morgan fingerprint density at radius 2 is 2.12 bits per heavy atom. The van der Waals surface area contributed by atoms with Gasteiger partial charge in [-0.15, -0.1) is 11.3 Å². The van der Waals surface area contributed by atoms with Crippen molar-refractivity contribution in [1.29, 1.82) is 0 Å². The first kappa shape index (κ1) is 13.5. The van der Waals surface area contributed by atoms with Crippen LogP contribution < -0.4 is 0 Å². The first-order valence-corrected chi connectivity index (χ1v) is 7.91. The molecule has 0 radical (unpaired) electrons. The SMILES string of the molecule is CN(Cc1sccc1Br)C1CCC(CO)CC1. The summed E-state index contributed by atoms with van der Waals surface area (Å²) in [6, 6.07) is 2.81. The minimum Gasteiger partial charge on any atom is -0.396 e. The third-order valence-corrected chi connectivity index (χ3v) is 5.69. The van der Waals surface area contributed by atoms with Gasteiger partial charge in [0.1, 0.15) is 0 Å². The fourth-order valence-electron chi connectivity index (χ4n) is 2.56. The summed E-state index contributed by atoms with van der Waals surface area (Å²) in [7, 11) is 2.22. The van der Waals surface area contributed by atoms with Gasteiger partial charge < -0.3 is 5.11 Å². The van der Waals surface area contributed by atoms with Gasteiger partial charge >= 0.3 is 0 Å². The highest BCUT2D eigenvalue weighted by Crippen LogP contribution is 2.29. The van der Waals surface area contributed by atoms with E-state index in [1.165, 1.54) is 35.0 Å². The summed E-state index contributed by atoms with van der Waals surface area (Å²) < 4.78 is 1.23. The zero-order valence-corrected chi connectivity index (χ0v) is 12.6. The normalized spacial score (nSPS) is 25.4. The van der Waals surface area contributed by atoms with Crippen LogP contribution in [0.4, 0.5) is 0 Å². The Balaban J connectivity index is 1.85. The van der Waals surface area contributed by atoms with Crippen molar-refractivity contribution in [3.63, 3.8) is 0 Å². The van der Waals surface area contributed by atoms with Gasteiger partial charge in [-0.1, -0.05) is 0 Å². The quantitative estimate of drug-likeness (QED) is 0.918. The first-order valence-electron chi connectivity index (χ1n) is 6.23. The van der Waals surface area contributed by atoms with Crippen molar-refractivity contribution in [2.45, 2.75) is 38.3 Å². The van der Waals surface area contributed by atoms with Crippen LogP contribution >= 0.6 is 27.3 Å². The van der Waals surface area contributed by atoms with E-state index in [1.807, 2.05) is 11.3 Å². The summed E-state index contributed by atoms with van der Waals surface area (Å²) in [6.07, 6.45) is 4.81. The third-order valence-electron chi connectivity index (χ3n) is 3.78. The van der Waals surface area contributed by atoms with Crippen LogP contribution in [-0.4, -0.2) is 29.7 Å². The highest BCUT2D eigenvalue weighted by atomic mass is 79.9. The molecule has 17 heavy (non-hydrogen) atoms. The molecule has 1 aliphatic rings. The summed E-state index contributed by atoms with van der Waals surface area (Å²) in [5.74, 6) is 0.549. The average molecular weight is 318 g/mol. The average Bonchev–Trinajstić information content (AvgIpc) is 2.75. The van der Waals surface area contributed by atoms with Crippen molar-refractivity contribution in [1.82, 2.24) is 4.90 Å². The Labute approximate surface area is 116 Å². The molecule has 2 rings (SSSR count). The zero-order valence-electron chi connectivity index (χ0n) is 10.2. The van der Waals surface area contributed by atoms with E-state index in [1.54, 1.807) is 0 Å². The fourth-order valence-corrected chi connectivity index (χ4v) is 4.10. The van der Waals surface area contributed by atoms with Crippen LogP contribution in [0.15, 0.2) is 15.9 Å². The van der Waals surface area contributed by atoms with Gasteiger partial charge in [0.05, 0.1) is 0 Å². The molecule has 1 heterocycles. The smallest absolute Gasteiger partial charge is 0.0459 e. The van der Waals surface area contributed by atoms with E-state index < -0.39 is 0 Å². The molecule has 1 fully saturated rings. The Morgan fingerprint density at radius 3 is 2.65 bits per heavy atom. The van der Waals surface area contributed by atoms with Gasteiger partial charge in [-0.25, -0.2) is 0 Å². The van der Waals surface area contributed by atoms with Gasteiger partial charge in [0.25, 0.3) is 0 Å². The van der Waals surface area contributed by atoms with E-state index in [-0.39, 0.29) is 0 Å². The van der Waals surface area contributed by atoms with Crippen molar-refractivity contribution < 1.29 is 5.11 Å². The number of nitrogens with zero attached hydrogens (tertiary/aromatic N) is 1. The van der Waals surface area contributed by atoms with Crippen LogP contribution in [0.3, 0.4) is 0 Å². The van der Waals surface area contributed by atoms with Gasteiger partial charge in [0.15, 0.2) is 0 Å². The number of halogens is 1. The Morgan fingerprint density at radius 1 is 1.41 bits per heavy atom. The molecule has 0 atom stereocenters. The highest BCUT2D eigenvalue weighted by Gasteiger charge is 2.23. The number of hydrogen-bond donors (Lipinski definition) is 1. The summed E-state index contributed by atoms with van der Waals surface area (Å²) in [4.78, 5) is 3.88. The van der Waals surface area contributed by atoms with E-state index in [0.717, 1.165) is 6.54 Å². The molecule has 0 aromatic carbocycles. The molecular weight excluding hydrogens is 298 g/mol. The number of thiophene rings is 1. The molecule has 96 valence electrons. The summed E-state index contributed by atoms with van der Waals surface area (Å²) in [5.41, 5.74) is 0. The van der Waals surface area contributed by atoms with Crippen LogP contribution in [0.2, 0.25) is 0 Å². The number of hydrogen-bond acceptors (Lipinski definition) is 3. The van der Waals surface area contributed by atoms with Crippen LogP contribution in [0.5, 0.6) is 0 Å². The van der Waals surface area contributed by atoms with Crippen molar-refractivity contribution in [3.8, 4) is 0 Å². The minimum atomic E-state index is 0.368. The van der Waals surface area contributed by atoms with Crippen LogP contribution in [-0.2, 0) is 6.54 Å². The number of rotatable bonds is 4. The molecule has 2 nitrogen and oxygen atoms in total. The maximum absolute atomic E-state index is 9.14. The van der Waals surface area contributed by atoms with E-state index in [0.29, 0.717) is 18.6 Å². The standard InChI is InChI=1S/C13H20BrNOS/c1-15(8-13-12(14)6-7-17-13)11-4-2-10(9-16)3-5-11/h6-7,10-11,16H,2-5,8-9H2,1H3. The van der Waals surface area contributed by atoms with Crippen molar-refractivity contribution in [2.24, 2.45) is 5.92 Å². The second kappa shape index (κ2) is 6.32. The first-order chi connectivity index (χ1) is 8.20. The molecule has 0 amide bonds. The molecule has 0 bridgehead atoms. The van der Waals surface area contributed by atoms with E-state index in [2.05, 4.69) is 39.3 Å². The fraction of sp³-hybridized carbons (Fsp3) is 0.692. The predicted molar refractivity (Wildman–Crippen MR) is 76.3 cm³/mol.